The fraction of sp³-hybridized carbons (Fsp3) is 0.182. The quantitative estimate of drug-likeness (QED) is 0.810. The molecule has 0 radical (unpaired) electrons. The van der Waals surface area contributed by atoms with Crippen molar-refractivity contribution in [2.24, 2.45) is 0 Å². The molecule has 15 heavy (non-hydrogen) atoms. The average Bonchev–Trinajstić information content (AvgIpc) is 2.26. The molecule has 80 valence electrons. The molecule has 0 spiro atoms. The number of hydrogen-bond donors (Lipinski definition) is 1. The van der Waals surface area contributed by atoms with E-state index in [1.807, 2.05) is 18.2 Å². The second-order valence-corrected chi connectivity index (χ2v) is 3.98. The van der Waals surface area contributed by atoms with Crippen LogP contribution in [0, 0.1) is 0 Å². The first kappa shape index (κ1) is 12.1. The summed E-state index contributed by atoms with van der Waals surface area (Å²) in [6, 6.07) is 9.13. The molecule has 0 heterocycles. The molecule has 1 unspecified atom stereocenters. The van der Waals surface area contributed by atoms with Crippen LogP contribution in [0.4, 0.5) is 0 Å². The van der Waals surface area contributed by atoms with Crippen LogP contribution in [0.5, 0.6) is 0 Å². The third-order valence-electron chi connectivity index (χ3n) is 1.78. The highest BCUT2D eigenvalue weighted by molar-refractivity contribution is 6.31. The van der Waals surface area contributed by atoms with Gasteiger partial charge in [-0.05, 0) is 5.56 Å². The standard InChI is InChI=1S/C11H11Cl2NO/c1-8(12)7-14-11(15)10(13)9-5-3-2-4-6-9/h2-6,10H,1,7H2,(H,14,15). The topological polar surface area (TPSA) is 29.1 Å². The van der Waals surface area contributed by atoms with E-state index in [2.05, 4.69) is 11.9 Å². The summed E-state index contributed by atoms with van der Waals surface area (Å²) in [5, 5.41) is 2.26. The number of carbonyl (C=O) groups is 1. The van der Waals surface area contributed by atoms with E-state index in [0.29, 0.717) is 5.03 Å². The molecule has 0 saturated heterocycles. The summed E-state index contributed by atoms with van der Waals surface area (Å²) in [6.45, 7) is 3.70. The molecule has 0 aliphatic carbocycles. The van der Waals surface area contributed by atoms with Crippen molar-refractivity contribution in [3.63, 3.8) is 0 Å². The van der Waals surface area contributed by atoms with Crippen LogP contribution in [0.3, 0.4) is 0 Å². The summed E-state index contributed by atoms with van der Waals surface area (Å²) in [4.78, 5) is 11.5. The van der Waals surface area contributed by atoms with E-state index < -0.39 is 5.38 Å². The maximum atomic E-state index is 11.5. The fourth-order valence-corrected chi connectivity index (χ4v) is 1.34. The first-order chi connectivity index (χ1) is 7.11. The Morgan fingerprint density at radius 3 is 2.53 bits per heavy atom. The van der Waals surface area contributed by atoms with Gasteiger partial charge in [0, 0.05) is 5.03 Å². The summed E-state index contributed by atoms with van der Waals surface area (Å²) in [5.41, 5.74) is 0.761. The normalized spacial score (nSPS) is 11.9. The van der Waals surface area contributed by atoms with Gasteiger partial charge in [0.1, 0.15) is 5.38 Å². The lowest BCUT2D eigenvalue weighted by Gasteiger charge is -2.09. The zero-order chi connectivity index (χ0) is 11.3. The number of amides is 1. The first-order valence-corrected chi connectivity index (χ1v) is 5.22. The van der Waals surface area contributed by atoms with E-state index >= 15 is 0 Å². The van der Waals surface area contributed by atoms with E-state index in [4.69, 9.17) is 23.2 Å². The number of benzene rings is 1. The molecule has 0 aliphatic rings. The molecule has 1 aromatic rings. The average molecular weight is 244 g/mol. The minimum Gasteiger partial charge on any atom is -0.350 e. The van der Waals surface area contributed by atoms with Crippen LogP contribution in [0.15, 0.2) is 41.9 Å². The lowest BCUT2D eigenvalue weighted by molar-refractivity contribution is -0.120. The van der Waals surface area contributed by atoms with Gasteiger partial charge in [-0.2, -0.15) is 0 Å². The van der Waals surface area contributed by atoms with Gasteiger partial charge in [0.25, 0.3) is 0 Å². The zero-order valence-corrected chi connectivity index (χ0v) is 9.55. The van der Waals surface area contributed by atoms with Gasteiger partial charge in [-0.25, -0.2) is 0 Å². The van der Waals surface area contributed by atoms with E-state index in [0.717, 1.165) is 5.56 Å². The SMILES string of the molecule is C=C(Cl)CNC(=O)C(Cl)c1ccccc1. The molecule has 0 aliphatic heterocycles. The Kier molecular flexibility index (Phi) is 4.66. The van der Waals surface area contributed by atoms with Gasteiger partial charge in [0.15, 0.2) is 0 Å². The van der Waals surface area contributed by atoms with E-state index in [-0.39, 0.29) is 12.5 Å². The Hall–Kier alpha value is -0.990. The van der Waals surface area contributed by atoms with Crippen molar-refractivity contribution in [3.05, 3.63) is 47.5 Å². The van der Waals surface area contributed by atoms with Gasteiger partial charge in [0.05, 0.1) is 6.54 Å². The molecular weight excluding hydrogens is 233 g/mol. The molecule has 1 aromatic carbocycles. The van der Waals surface area contributed by atoms with Gasteiger partial charge >= 0.3 is 0 Å². The molecule has 1 rings (SSSR count). The van der Waals surface area contributed by atoms with Crippen LogP contribution < -0.4 is 5.32 Å². The first-order valence-electron chi connectivity index (χ1n) is 4.41. The Morgan fingerprint density at radius 1 is 1.40 bits per heavy atom. The molecule has 0 bridgehead atoms. The monoisotopic (exact) mass is 243 g/mol. The number of alkyl halides is 1. The van der Waals surface area contributed by atoms with Gasteiger partial charge < -0.3 is 5.32 Å². The van der Waals surface area contributed by atoms with Crippen molar-refractivity contribution >= 4 is 29.1 Å². The zero-order valence-electron chi connectivity index (χ0n) is 8.04. The predicted molar refractivity (Wildman–Crippen MR) is 63.0 cm³/mol. The summed E-state index contributed by atoms with van der Waals surface area (Å²) in [7, 11) is 0. The Balaban J connectivity index is 2.57. The Bertz CT molecular complexity index is 351. The molecule has 1 amide bonds. The number of carbonyl (C=O) groups excluding carboxylic acids is 1. The molecule has 0 aromatic heterocycles. The molecule has 1 atom stereocenters. The molecule has 1 N–H and O–H groups in total. The van der Waals surface area contributed by atoms with Crippen LogP contribution in [0.25, 0.3) is 0 Å². The van der Waals surface area contributed by atoms with Gasteiger partial charge in [-0.3, -0.25) is 4.79 Å². The molecule has 0 saturated carbocycles. The maximum absolute atomic E-state index is 11.5. The van der Waals surface area contributed by atoms with Crippen LogP contribution in [-0.2, 0) is 4.79 Å². The van der Waals surface area contributed by atoms with E-state index in [9.17, 15) is 4.79 Å². The number of halogens is 2. The molecule has 4 heteroatoms. The van der Waals surface area contributed by atoms with Crippen molar-refractivity contribution in [1.82, 2.24) is 5.32 Å². The fourth-order valence-electron chi connectivity index (χ4n) is 1.05. The van der Waals surface area contributed by atoms with E-state index in [1.165, 1.54) is 0 Å². The summed E-state index contributed by atoms with van der Waals surface area (Å²) < 4.78 is 0. The van der Waals surface area contributed by atoms with Crippen molar-refractivity contribution in [1.29, 1.82) is 0 Å². The lowest BCUT2D eigenvalue weighted by atomic mass is 10.1. The maximum Gasteiger partial charge on any atom is 0.242 e. The van der Waals surface area contributed by atoms with Crippen molar-refractivity contribution in [2.75, 3.05) is 6.54 Å². The van der Waals surface area contributed by atoms with Crippen LogP contribution in [-0.4, -0.2) is 12.5 Å². The van der Waals surface area contributed by atoms with Crippen molar-refractivity contribution < 1.29 is 4.79 Å². The van der Waals surface area contributed by atoms with Crippen molar-refractivity contribution in [3.8, 4) is 0 Å². The number of nitrogens with one attached hydrogen (secondary N) is 1. The van der Waals surface area contributed by atoms with Gasteiger partial charge in [-0.15, -0.1) is 11.6 Å². The Labute approximate surface area is 98.9 Å². The van der Waals surface area contributed by atoms with Gasteiger partial charge in [0.2, 0.25) is 5.91 Å². The van der Waals surface area contributed by atoms with Crippen LogP contribution in [0.2, 0.25) is 0 Å². The Morgan fingerprint density at radius 2 is 2.00 bits per heavy atom. The predicted octanol–water partition coefficient (Wildman–Crippen LogP) is 2.84. The third kappa shape index (κ3) is 3.94. The molecule has 2 nitrogen and oxygen atoms in total. The number of rotatable bonds is 4. The minimum atomic E-state index is -0.692. The second-order valence-electron chi connectivity index (χ2n) is 3.01. The lowest BCUT2D eigenvalue weighted by Crippen LogP contribution is -2.27. The highest BCUT2D eigenvalue weighted by atomic mass is 35.5. The van der Waals surface area contributed by atoms with Gasteiger partial charge in [-0.1, -0.05) is 48.5 Å². The summed E-state index contributed by atoms with van der Waals surface area (Å²) in [5.74, 6) is -0.273. The largest absolute Gasteiger partial charge is 0.350 e. The minimum absolute atomic E-state index is 0.233. The van der Waals surface area contributed by atoms with Crippen LogP contribution >= 0.6 is 23.2 Å². The third-order valence-corrected chi connectivity index (χ3v) is 2.36. The highest BCUT2D eigenvalue weighted by Crippen LogP contribution is 2.19. The van der Waals surface area contributed by atoms with E-state index in [1.54, 1.807) is 12.1 Å². The van der Waals surface area contributed by atoms with Crippen molar-refractivity contribution in [2.45, 2.75) is 5.38 Å². The summed E-state index contributed by atoms with van der Waals surface area (Å²) >= 11 is 11.5. The summed E-state index contributed by atoms with van der Waals surface area (Å²) in [6.07, 6.45) is 0. The molecule has 0 fully saturated rings. The second kappa shape index (κ2) is 5.79. The number of hydrogen-bond acceptors (Lipinski definition) is 1. The highest BCUT2D eigenvalue weighted by Gasteiger charge is 2.16. The smallest absolute Gasteiger partial charge is 0.242 e. The van der Waals surface area contributed by atoms with Crippen LogP contribution in [0.1, 0.15) is 10.9 Å². The molecular formula is C11H11Cl2NO.